The highest BCUT2D eigenvalue weighted by Gasteiger charge is 2.23. The first-order valence-corrected chi connectivity index (χ1v) is 8.49. The minimum absolute atomic E-state index is 0.0812. The van der Waals surface area contributed by atoms with Crippen molar-refractivity contribution in [3.05, 3.63) is 59.2 Å². The molecule has 0 aliphatic carbocycles. The summed E-state index contributed by atoms with van der Waals surface area (Å²) in [6.45, 7) is 1.46. The van der Waals surface area contributed by atoms with E-state index in [1.54, 1.807) is 7.11 Å². The highest BCUT2D eigenvalue weighted by molar-refractivity contribution is 5.67. The maximum Gasteiger partial charge on any atom is 0.303 e. The molecule has 0 unspecified atom stereocenters. The lowest BCUT2D eigenvalue weighted by Crippen LogP contribution is -2.06. The fourth-order valence-electron chi connectivity index (χ4n) is 2.74. The number of aliphatic carboxylic acids is 1. The van der Waals surface area contributed by atoms with E-state index in [1.807, 2.05) is 42.5 Å². The molecule has 1 N–H and O–H groups in total. The first-order chi connectivity index (χ1) is 12.7. The van der Waals surface area contributed by atoms with E-state index in [0.717, 1.165) is 22.4 Å². The van der Waals surface area contributed by atoms with E-state index < -0.39 is 12.3 Å². The largest absolute Gasteiger partial charge is 0.497 e. The summed E-state index contributed by atoms with van der Waals surface area (Å²) in [5, 5.41) is 8.87. The van der Waals surface area contributed by atoms with Crippen molar-refractivity contribution in [3.8, 4) is 11.5 Å². The van der Waals surface area contributed by atoms with E-state index in [2.05, 4.69) is 0 Å². The summed E-state index contributed by atoms with van der Waals surface area (Å²) in [7, 11) is 1.63. The average molecular weight is 358 g/mol. The van der Waals surface area contributed by atoms with Crippen LogP contribution in [0.3, 0.4) is 0 Å². The number of hydrogen-bond acceptors (Lipinski definition) is 5. The van der Waals surface area contributed by atoms with Gasteiger partial charge >= 0.3 is 5.97 Å². The van der Waals surface area contributed by atoms with E-state index in [-0.39, 0.29) is 6.42 Å². The predicted octanol–water partition coefficient (Wildman–Crippen LogP) is 3.34. The van der Waals surface area contributed by atoms with Crippen molar-refractivity contribution in [1.29, 1.82) is 0 Å². The van der Waals surface area contributed by atoms with Gasteiger partial charge in [0, 0.05) is 6.42 Å². The standard InChI is InChI=1S/C20H22O6/c1-23-16-6-2-15(3-7-16)13-26-18-8-4-14(5-9-19(21)22)12-17(18)20-24-10-11-25-20/h2-4,6-8,12,20H,5,9-11,13H2,1H3,(H,21,22). The molecule has 2 aromatic carbocycles. The van der Waals surface area contributed by atoms with Crippen LogP contribution in [0.25, 0.3) is 0 Å². The van der Waals surface area contributed by atoms with Gasteiger partial charge in [-0.05, 0) is 41.8 Å². The highest BCUT2D eigenvalue weighted by Crippen LogP contribution is 2.33. The summed E-state index contributed by atoms with van der Waals surface area (Å²) >= 11 is 0. The van der Waals surface area contributed by atoms with Crippen molar-refractivity contribution in [3.63, 3.8) is 0 Å². The van der Waals surface area contributed by atoms with E-state index in [1.165, 1.54) is 0 Å². The monoisotopic (exact) mass is 358 g/mol. The minimum atomic E-state index is -0.820. The van der Waals surface area contributed by atoms with Crippen molar-refractivity contribution < 1.29 is 28.8 Å². The second-order valence-corrected chi connectivity index (χ2v) is 5.98. The van der Waals surface area contributed by atoms with Crippen LogP contribution in [0.1, 0.15) is 29.4 Å². The molecule has 26 heavy (non-hydrogen) atoms. The lowest BCUT2D eigenvalue weighted by molar-refractivity contribution is -0.136. The Bertz CT molecular complexity index is 734. The molecule has 0 aromatic heterocycles. The highest BCUT2D eigenvalue weighted by atomic mass is 16.7. The first kappa shape index (κ1) is 18.2. The van der Waals surface area contributed by atoms with Gasteiger partial charge in [-0.15, -0.1) is 0 Å². The molecule has 0 bridgehead atoms. The third-order valence-electron chi connectivity index (χ3n) is 4.13. The van der Waals surface area contributed by atoms with Gasteiger partial charge in [0.25, 0.3) is 0 Å². The normalized spacial score (nSPS) is 14.3. The Labute approximate surface area is 152 Å². The number of aryl methyl sites for hydroxylation is 1. The molecule has 2 aromatic rings. The van der Waals surface area contributed by atoms with Gasteiger partial charge in [-0.3, -0.25) is 4.79 Å². The van der Waals surface area contributed by atoms with Crippen LogP contribution < -0.4 is 9.47 Å². The molecule has 1 aliphatic heterocycles. The molecule has 0 atom stereocenters. The first-order valence-electron chi connectivity index (χ1n) is 8.49. The van der Waals surface area contributed by atoms with Crippen LogP contribution in [-0.2, 0) is 27.3 Å². The molecule has 3 rings (SSSR count). The molecule has 138 valence electrons. The number of benzene rings is 2. The van der Waals surface area contributed by atoms with Gasteiger partial charge in [0.15, 0.2) is 6.29 Å². The Kier molecular flexibility index (Phi) is 6.09. The second-order valence-electron chi connectivity index (χ2n) is 5.98. The molecular formula is C20H22O6. The number of ether oxygens (including phenoxy) is 4. The van der Waals surface area contributed by atoms with E-state index >= 15 is 0 Å². The van der Waals surface area contributed by atoms with Gasteiger partial charge in [-0.1, -0.05) is 18.2 Å². The maximum absolute atomic E-state index is 10.8. The summed E-state index contributed by atoms with van der Waals surface area (Å²) in [6.07, 6.45) is 0.0525. The van der Waals surface area contributed by atoms with Gasteiger partial charge in [-0.2, -0.15) is 0 Å². The molecule has 1 aliphatic rings. The third kappa shape index (κ3) is 4.74. The van der Waals surface area contributed by atoms with E-state index in [4.69, 9.17) is 24.1 Å². The number of rotatable bonds is 8. The van der Waals surface area contributed by atoms with Crippen molar-refractivity contribution in [2.45, 2.75) is 25.7 Å². The quantitative estimate of drug-likeness (QED) is 0.780. The molecule has 6 nitrogen and oxygen atoms in total. The van der Waals surface area contributed by atoms with Crippen molar-refractivity contribution in [1.82, 2.24) is 0 Å². The van der Waals surface area contributed by atoms with Gasteiger partial charge < -0.3 is 24.1 Å². The third-order valence-corrected chi connectivity index (χ3v) is 4.13. The second kappa shape index (κ2) is 8.69. The van der Waals surface area contributed by atoms with Crippen molar-refractivity contribution in [2.24, 2.45) is 0 Å². The summed E-state index contributed by atoms with van der Waals surface area (Å²) in [5.74, 6) is 0.650. The van der Waals surface area contributed by atoms with Crippen LogP contribution >= 0.6 is 0 Å². The number of hydrogen-bond donors (Lipinski definition) is 1. The molecule has 0 saturated carbocycles. The Morgan fingerprint density at radius 2 is 1.81 bits per heavy atom. The summed E-state index contributed by atoms with van der Waals surface area (Å²) in [6, 6.07) is 13.3. The number of methoxy groups -OCH3 is 1. The molecule has 0 amide bonds. The maximum atomic E-state index is 10.8. The van der Waals surface area contributed by atoms with Gasteiger partial charge in [0.05, 0.1) is 25.9 Å². The molecule has 6 heteroatoms. The molecule has 1 saturated heterocycles. The lowest BCUT2D eigenvalue weighted by atomic mass is 10.0. The van der Waals surface area contributed by atoms with Crippen LogP contribution in [0, 0.1) is 0 Å². The van der Waals surface area contributed by atoms with Crippen LogP contribution in [0.15, 0.2) is 42.5 Å². The minimum Gasteiger partial charge on any atom is -0.497 e. The lowest BCUT2D eigenvalue weighted by Gasteiger charge is -2.17. The van der Waals surface area contributed by atoms with Crippen LogP contribution in [0.2, 0.25) is 0 Å². The molecule has 0 radical (unpaired) electrons. The van der Waals surface area contributed by atoms with Crippen molar-refractivity contribution in [2.75, 3.05) is 20.3 Å². The summed E-state index contributed by atoms with van der Waals surface area (Å²) in [5.41, 5.74) is 2.72. The Balaban J connectivity index is 1.74. The summed E-state index contributed by atoms with van der Waals surface area (Å²) in [4.78, 5) is 10.8. The van der Waals surface area contributed by atoms with Gasteiger partial charge in [0.2, 0.25) is 0 Å². The SMILES string of the molecule is COc1ccc(COc2ccc(CCC(=O)O)cc2C2OCCO2)cc1. The number of carbonyl (C=O) groups is 1. The zero-order chi connectivity index (χ0) is 18.4. The van der Waals surface area contributed by atoms with E-state index in [0.29, 0.717) is 32.0 Å². The van der Waals surface area contributed by atoms with Crippen LogP contribution in [0.4, 0.5) is 0 Å². The summed E-state index contributed by atoms with van der Waals surface area (Å²) < 4.78 is 22.3. The molecule has 0 spiro atoms. The van der Waals surface area contributed by atoms with Crippen molar-refractivity contribution >= 4 is 5.97 Å². The topological polar surface area (TPSA) is 74.2 Å². The Morgan fingerprint density at radius 3 is 2.46 bits per heavy atom. The number of carboxylic acid groups (broad SMARTS) is 1. The molecule has 1 fully saturated rings. The van der Waals surface area contributed by atoms with Crippen LogP contribution in [-0.4, -0.2) is 31.4 Å². The zero-order valence-electron chi connectivity index (χ0n) is 14.6. The van der Waals surface area contributed by atoms with E-state index in [9.17, 15) is 4.79 Å². The predicted molar refractivity (Wildman–Crippen MR) is 94.4 cm³/mol. The van der Waals surface area contributed by atoms with Gasteiger partial charge in [-0.25, -0.2) is 0 Å². The fraction of sp³-hybridized carbons (Fsp3) is 0.350. The Morgan fingerprint density at radius 1 is 1.12 bits per heavy atom. The fourth-order valence-corrected chi connectivity index (χ4v) is 2.74. The smallest absolute Gasteiger partial charge is 0.303 e. The van der Waals surface area contributed by atoms with Gasteiger partial charge in [0.1, 0.15) is 18.1 Å². The zero-order valence-corrected chi connectivity index (χ0v) is 14.6. The molecular weight excluding hydrogens is 336 g/mol. The Hall–Kier alpha value is -2.57. The average Bonchev–Trinajstić information content (AvgIpc) is 3.20. The number of carboxylic acids is 1. The van der Waals surface area contributed by atoms with Crippen LogP contribution in [0.5, 0.6) is 11.5 Å². The molecule has 1 heterocycles.